The van der Waals surface area contributed by atoms with Crippen LogP contribution in [0.2, 0.25) is 0 Å². The van der Waals surface area contributed by atoms with Gasteiger partial charge >= 0.3 is 0 Å². The topological polar surface area (TPSA) is 69.4 Å². The van der Waals surface area contributed by atoms with Crippen molar-refractivity contribution < 1.29 is 0 Å². The average Bonchev–Trinajstić information content (AvgIpc) is 3.69. The fraction of sp³-hybridized carbons (Fsp3) is 0. The SMILES string of the molecule is c1ccc(-c2cc(-c3cccc(-c4cccc(-c5nc(-c6ccccc6)nc(-c6cccc(-n7c8ccccc8c8ccccc87)c6)n5)c4)c3)nc(-c3ccccc3)n2)cc1. The van der Waals surface area contributed by atoms with Crippen LogP contribution in [0.3, 0.4) is 0 Å². The number of hydrogen-bond acceptors (Lipinski definition) is 5. The van der Waals surface area contributed by atoms with Gasteiger partial charge in [-0.05, 0) is 53.6 Å². The zero-order valence-corrected chi connectivity index (χ0v) is 33.0. The summed E-state index contributed by atoms with van der Waals surface area (Å²) < 4.78 is 2.32. The van der Waals surface area contributed by atoms with Gasteiger partial charge in [0.05, 0.1) is 22.4 Å². The minimum Gasteiger partial charge on any atom is -0.309 e. The molecule has 3 heterocycles. The molecule has 0 amide bonds. The first-order chi connectivity index (χ1) is 30.2. The predicted octanol–water partition coefficient (Wildman–Crippen LogP) is 13.4. The highest BCUT2D eigenvalue weighted by molar-refractivity contribution is 6.09. The van der Waals surface area contributed by atoms with Crippen molar-refractivity contribution in [1.29, 1.82) is 0 Å². The van der Waals surface area contributed by atoms with Crippen LogP contribution in [0.4, 0.5) is 0 Å². The Balaban J connectivity index is 1.00. The lowest BCUT2D eigenvalue weighted by atomic mass is 9.99. The van der Waals surface area contributed by atoms with Gasteiger partial charge < -0.3 is 4.57 Å². The summed E-state index contributed by atoms with van der Waals surface area (Å²) in [5, 5.41) is 2.43. The van der Waals surface area contributed by atoms with E-state index in [9.17, 15) is 0 Å². The van der Waals surface area contributed by atoms with E-state index in [-0.39, 0.29) is 0 Å². The minimum absolute atomic E-state index is 0.597. The van der Waals surface area contributed by atoms with Gasteiger partial charge in [-0.1, -0.05) is 176 Å². The lowest BCUT2D eigenvalue weighted by Gasteiger charge is -2.12. The molecule has 6 nitrogen and oxygen atoms in total. The quantitative estimate of drug-likeness (QED) is 0.154. The largest absolute Gasteiger partial charge is 0.309 e. The Hall–Kier alpha value is -8.35. The van der Waals surface area contributed by atoms with E-state index in [0.29, 0.717) is 23.3 Å². The van der Waals surface area contributed by atoms with Gasteiger partial charge in [0.2, 0.25) is 0 Å². The molecule has 0 spiro atoms. The molecule has 0 N–H and O–H groups in total. The second kappa shape index (κ2) is 15.4. The molecular formula is C55H36N6. The van der Waals surface area contributed by atoms with E-state index in [1.54, 1.807) is 0 Å². The van der Waals surface area contributed by atoms with Crippen molar-refractivity contribution in [2.75, 3.05) is 0 Å². The first-order valence-electron chi connectivity index (χ1n) is 20.3. The van der Waals surface area contributed by atoms with Crippen molar-refractivity contribution in [3.05, 3.63) is 218 Å². The molecule has 3 aromatic heterocycles. The van der Waals surface area contributed by atoms with Gasteiger partial charge in [-0.3, -0.25) is 0 Å². The molecule has 0 aliphatic heterocycles. The Morgan fingerprint density at radius 1 is 0.246 bits per heavy atom. The molecule has 0 bridgehead atoms. The molecule has 11 rings (SSSR count). The highest BCUT2D eigenvalue weighted by atomic mass is 15.0. The minimum atomic E-state index is 0.597. The fourth-order valence-electron chi connectivity index (χ4n) is 8.10. The first-order valence-corrected chi connectivity index (χ1v) is 20.3. The summed E-state index contributed by atoms with van der Waals surface area (Å²) in [7, 11) is 0. The van der Waals surface area contributed by atoms with Gasteiger partial charge in [0.25, 0.3) is 0 Å². The van der Waals surface area contributed by atoms with Crippen LogP contribution in [0.5, 0.6) is 0 Å². The molecule has 0 radical (unpaired) electrons. The van der Waals surface area contributed by atoms with Gasteiger partial charge in [0.1, 0.15) is 0 Å². The summed E-state index contributed by atoms with van der Waals surface area (Å²) in [6.07, 6.45) is 0. The highest BCUT2D eigenvalue weighted by Gasteiger charge is 2.17. The summed E-state index contributed by atoms with van der Waals surface area (Å²) in [4.78, 5) is 25.4. The standard InChI is InChI=1S/C55H36N6/c1-4-17-37(18-5-1)48-36-49(57-52(56-48)38-19-6-2-7-20-38)42-25-14-23-40(33-42)41-24-15-26-43(34-41)54-58-53(39-21-8-3-9-22-39)59-55(60-54)44-27-16-28-45(35-44)61-50-31-12-10-29-46(50)47-30-11-13-32-51(47)61/h1-36H. The lowest BCUT2D eigenvalue weighted by molar-refractivity contribution is 1.07. The Morgan fingerprint density at radius 2 is 0.623 bits per heavy atom. The molecular weight excluding hydrogens is 745 g/mol. The molecule has 286 valence electrons. The Labute approximate surface area is 353 Å². The maximum Gasteiger partial charge on any atom is 0.164 e. The third-order valence-corrected chi connectivity index (χ3v) is 11.1. The van der Waals surface area contributed by atoms with Crippen LogP contribution >= 0.6 is 0 Å². The lowest BCUT2D eigenvalue weighted by Crippen LogP contribution is -2.01. The maximum absolute atomic E-state index is 5.17. The molecule has 0 saturated carbocycles. The number of para-hydroxylation sites is 2. The van der Waals surface area contributed by atoms with Crippen molar-refractivity contribution in [3.8, 4) is 84.9 Å². The van der Waals surface area contributed by atoms with Gasteiger partial charge in [0, 0.05) is 49.8 Å². The number of hydrogen-bond donors (Lipinski definition) is 0. The summed E-state index contributed by atoms with van der Waals surface area (Å²) >= 11 is 0. The maximum atomic E-state index is 5.17. The van der Waals surface area contributed by atoms with Crippen LogP contribution in [0, 0.1) is 0 Å². The molecule has 0 aliphatic carbocycles. The summed E-state index contributed by atoms with van der Waals surface area (Å²) in [5.41, 5.74) is 12.9. The van der Waals surface area contributed by atoms with E-state index in [1.165, 1.54) is 10.8 Å². The van der Waals surface area contributed by atoms with Crippen molar-refractivity contribution in [1.82, 2.24) is 29.5 Å². The highest BCUT2D eigenvalue weighted by Crippen LogP contribution is 2.35. The third kappa shape index (κ3) is 6.92. The Kier molecular flexibility index (Phi) is 9.06. The van der Waals surface area contributed by atoms with E-state index >= 15 is 0 Å². The predicted molar refractivity (Wildman–Crippen MR) is 248 cm³/mol. The van der Waals surface area contributed by atoms with Crippen LogP contribution < -0.4 is 0 Å². The molecule has 0 fully saturated rings. The van der Waals surface area contributed by atoms with E-state index in [2.05, 4.69) is 144 Å². The smallest absolute Gasteiger partial charge is 0.164 e. The third-order valence-electron chi connectivity index (χ3n) is 11.1. The summed E-state index contributed by atoms with van der Waals surface area (Å²) in [5.74, 6) is 2.50. The Bertz CT molecular complexity index is 3250. The molecule has 61 heavy (non-hydrogen) atoms. The van der Waals surface area contributed by atoms with Crippen LogP contribution in [0.1, 0.15) is 0 Å². The van der Waals surface area contributed by atoms with Crippen LogP contribution in [0.25, 0.3) is 107 Å². The second-order valence-corrected chi connectivity index (χ2v) is 14.9. The number of rotatable bonds is 8. The zero-order chi connectivity index (χ0) is 40.5. The van der Waals surface area contributed by atoms with Gasteiger partial charge in [-0.2, -0.15) is 0 Å². The van der Waals surface area contributed by atoms with Crippen LogP contribution in [0.15, 0.2) is 218 Å². The molecule has 8 aromatic carbocycles. The number of benzene rings is 8. The fourth-order valence-corrected chi connectivity index (χ4v) is 8.10. The number of nitrogens with zero attached hydrogens (tertiary/aromatic N) is 6. The zero-order valence-electron chi connectivity index (χ0n) is 33.0. The van der Waals surface area contributed by atoms with E-state index in [0.717, 1.165) is 72.6 Å². The monoisotopic (exact) mass is 780 g/mol. The van der Waals surface area contributed by atoms with Crippen molar-refractivity contribution >= 4 is 21.8 Å². The number of aromatic nitrogens is 6. The molecule has 0 saturated heterocycles. The van der Waals surface area contributed by atoms with Crippen LogP contribution in [-0.2, 0) is 0 Å². The molecule has 0 atom stereocenters. The molecule has 6 heteroatoms. The molecule has 0 aliphatic rings. The Morgan fingerprint density at radius 3 is 1.20 bits per heavy atom. The van der Waals surface area contributed by atoms with Crippen molar-refractivity contribution in [2.45, 2.75) is 0 Å². The van der Waals surface area contributed by atoms with E-state index in [4.69, 9.17) is 24.9 Å². The van der Waals surface area contributed by atoms with Gasteiger partial charge in [-0.25, -0.2) is 24.9 Å². The molecule has 11 aromatic rings. The first kappa shape index (κ1) is 35.8. The summed E-state index contributed by atoms with van der Waals surface area (Å²) in [6.45, 7) is 0. The van der Waals surface area contributed by atoms with Gasteiger partial charge in [-0.15, -0.1) is 0 Å². The second-order valence-electron chi connectivity index (χ2n) is 14.9. The van der Waals surface area contributed by atoms with E-state index in [1.807, 2.05) is 78.9 Å². The van der Waals surface area contributed by atoms with E-state index < -0.39 is 0 Å². The van der Waals surface area contributed by atoms with Crippen LogP contribution in [-0.4, -0.2) is 29.5 Å². The molecule has 0 unspecified atom stereocenters. The summed E-state index contributed by atoms with van der Waals surface area (Å²) in [6, 6.07) is 75.1. The normalized spacial score (nSPS) is 11.3. The number of fused-ring (bicyclic) bond motifs is 3. The average molecular weight is 781 g/mol. The van der Waals surface area contributed by atoms with Gasteiger partial charge in [0.15, 0.2) is 23.3 Å². The van der Waals surface area contributed by atoms with Crippen molar-refractivity contribution in [3.63, 3.8) is 0 Å². The van der Waals surface area contributed by atoms with Crippen molar-refractivity contribution in [2.24, 2.45) is 0 Å².